The van der Waals surface area contributed by atoms with Gasteiger partial charge in [-0.05, 0) is 38.3 Å². The van der Waals surface area contributed by atoms with Crippen molar-refractivity contribution in [1.82, 2.24) is 15.5 Å². The number of aliphatic carboxylic acids is 1. The normalized spacial score (nSPS) is 31.7. The first-order valence-corrected chi connectivity index (χ1v) is 6.62. The van der Waals surface area contributed by atoms with Crippen LogP contribution in [0.5, 0.6) is 0 Å². The third-order valence-electron chi connectivity index (χ3n) is 3.98. The maximum Gasteiger partial charge on any atom is 0.326 e. The maximum absolute atomic E-state index is 11.8. The predicted octanol–water partition coefficient (Wildman–Crippen LogP) is 0.243. The number of carboxylic acids is 1. The number of carbonyl (C=O) groups excluding carboxylic acids is 1. The zero-order chi connectivity index (χ0) is 13.1. The molecule has 3 aliphatic heterocycles. The van der Waals surface area contributed by atoms with Crippen molar-refractivity contribution in [2.24, 2.45) is 5.92 Å². The Morgan fingerprint density at radius 3 is 2.50 bits per heavy atom. The Labute approximate surface area is 107 Å². The lowest BCUT2D eigenvalue weighted by Gasteiger charge is -2.44. The highest BCUT2D eigenvalue weighted by Crippen LogP contribution is 2.27. The zero-order valence-corrected chi connectivity index (χ0v) is 10.7. The molecule has 3 N–H and O–H groups in total. The molecule has 2 amide bonds. The second-order valence-corrected chi connectivity index (χ2v) is 5.16. The van der Waals surface area contributed by atoms with E-state index in [9.17, 15) is 9.59 Å². The van der Waals surface area contributed by atoms with Crippen molar-refractivity contribution in [1.29, 1.82) is 0 Å². The number of carbonyl (C=O) groups is 2. The van der Waals surface area contributed by atoms with Crippen molar-refractivity contribution in [3.63, 3.8) is 0 Å². The van der Waals surface area contributed by atoms with E-state index in [1.807, 2.05) is 0 Å². The summed E-state index contributed by atoms with van der Waals surface area (Å²) in [5.74, 6) is -0.438. The van der Waals surface area contributed by atoms with E-state index in [2.05, 4.69) is 15.5 Å². The smallest absolute Gasteiger partial charge is 0.326 e. The summed E-state index contributed by atoms with van der Waals surface area (Å²) in [6, 6.07) is -0.993. The van der Waals surface area contributed by atoms with Gasteiger partial charge in [-0.3, -0.25) is 0 Å². The summed E-state index contributed by atoms with van der Waals surface area (Å²) in [7, 11) is 0. The standard InChI is InChI=1S/C12H21N3O3/c1-2-9(11(16)17)13-12(18)14-10-7-15-5-3-8(10)4-6-15/h8-10H,2-7H2,1H3,(H,16,17)(H2,13,14,18). The lowest BCUT2D eigenvalue weighted by Crippen LogP contribution is -2.59. The topological polar surface area (TPSA) is 81.7 Å². The van der Waals surface area contributed by atoms with Crippen LogP contribution in [0.1, 0.15) is 26.2 Å². The molecule has 3 aliphatic rings. The molecule has 0 aromatic carbocycles. The lowest BCUT2D eigenvalue weighted by molar-refractivity contribution is -0.139. The van der Waals surface area contributed by atoms with Crippen molar-refractivity contribution in [2.45, 2.75) is 38.3 Å². The Bertz CT molecular complexity index is 327. The molecule has 6 nitrogen and oxygen atoms in total. The van der Waals surface area contributed by atoms with E-state index < -0.39 is 12.0 Å². The monoisotopic (exact) mass is 255 g/mol. The van der Waals surface area contributed by atoms with Crippen LogP contribution >= 0.6 is 0 Å². The Morgan fingerprint density at radius 2 is 2.06 bits per heavy atom. The van der Waals surface area contributed by atoms with Crippen molar-refractivity contribution in [3.05, 3.63) is 0 Å². The fourth-order valence-corrected chi connectivity index (χ4v) is 2.84. The van der Waals surface area contributed by atoms with Crippen molar-refractivity contribution < 1.29 is 14.7 Å². The minimum atomic E-state index is -0.985. The maximum atomic E-state index is 11.8. The van der Waals surface area contributed by atoms with Gasteiger partial charge in [-0.1, -0.05) is 6.92 Å². The van der Waals surface area contributed by atoms with Crippen molar-refractivity contribution >= 4 is 12.0 Å². The summed E-state index contributed by atoms with van der Waals surface area (Å²) in [5.41, 5.74) is 0. The van der Waals surface area contributed by atoms with Crippen LogP contribution in [0.15, 0.2) is 0 Å². The Morgan fingerprint density at radius 1 is 1.39 bits per heavy atom. The molecule has 0 spiro atoms. The van der Waals surface area contributed by atoms with Crippen LogP contribution < -0.4 is 10.6 Å². The van der Waals surface area contributed by atoms with Gasteiger partial charge in [0.1, 0.15) is 6.04 Å². The molecule has 2 unspecified atom stereocenters. The van der Waals surface area contributed by atoms with Gasteiger partial charge in [0, 0.05) is 12.6 Å². The fraction of sp³-hybridized carbons (Fsp3) is 0.833. The van der Waals surface area contributed by atoms with Gasteiger partial charge in [-0.25, -0.2) is 9.59 Å². The average Bonchev–Trinajstić information content (AvgIpc) is 2.37. The van der Waals surface area contributed by atoms with Crippen LogP contribution in [0.4, 0.5) is 4.79 Å². The SMILES string of the molecule is CCC(NC(=O)NC1CN2CCC1CC2)C(=O)O. The van der Waals surface area contributed by atoms with Crippen LogP contribution in [-0.4, -0.2) is 53.7 Å². The van der Waals surface area contributed by atoms with E-state index in [-0.39, 0.29) is 12.1 Å². The molecular formula is C12H21N3O3. The highest BCUT2D eigenvalue weighted by Gasteiger charge is 2.35. The quantitative estimate of drug-likeness (QED) is 0.672. The van der Waals surface area contributed by atoms with E-state index in [0.29, 0.717) is 12.3 Å². The molecule has 0 aromatic heterocycles. The first-order valence-electron chi connectivity index (χ1n) is 6.62. The molecule has 3 heterocycles. The summed E-state index contributed by atoms with van der Waals surface area (Å²) in [6.07, 6.45) is 2.64. The van der Waals surface area contributed by atoms with Gasteiger partial charge in [0.05, 0.1) is 0 Å². The van der Waals surface area contributed by atoms with Gasteiger partial charge in [0.25, 0.3) is 0 Å². The third-order valence-corrected chi connectivity index (χ3v) is 3.98. The van der Waals surface area contributed by atoms with Crippen LogP contribution in [0, 0.1) is 5.92 Å². The fourth-order valence-electron chi connectivity index (χ4n) is 2.84. The summed E-state index contributed by atoms with van der Waals surface area (Å²) in [4.78, 5) is 24.9. The molecule has 0 aromatic rings. The van der Waals surface area contributed by atoms with Crippen LogP contribution in [-0.2, 0) is 4.79 Å². The minimum absolute atomic E-state index is 0.166. The molecule has 0 saturated carbocycles. The Kier molecular flexibility index (Phi) is 4.06. The van der Waals surface area contributed by atoms with Gasteiger partial charge in [0.2, 0.25) is 0 Å². The van der Waals surface area contributed by atoms with Gasteiger partial charge in [-0.15, -0.1) is 0 Å². The molecule has 0 aliphatic carbocycles. The summed E-state index contributed by atoms with van der Waals surface area (Å²) >= 11 is 0. The number of urea groups is 1. The van der Waals surface area contributed by atoms with Gasteiger partial charge >= 0.3 is 12.0 Å². The molecule has 3 saturated heterocycles. The van der Waals surface area contributed by atoms with E-state index >= 15 is 0 Å². The minimum Gasteiger partial charge on any atom is -0.480 e. The number of carboxylic acid groups (broad SMARTS) is 1. The number of hydrogen-bond acceptors (Lipinski definition) is 3. The first kappa shape index (κ1) is 13.1. The highest BCUT2D eigenvalue weighted by molar-refractivity contribution is 5.82. The Balaban J connectivity index is 1.82. The first-order chi connectivity index (χ1) is 8.60. The van der Waals surface area contributed by atoms with Crippen LogP contribution in [0.3, 0.4) is 0 Å². The van der Waals surface area contributed by atoms with Crippen LogP contribution in [0.25, 0.3) is 0 Å². The lowest BCUT2D eigenvalue weighted by atomic mass is 9.84. The molecule has 2 atom stereocenters. The summed E-state index contributed by atoms with van der Waals surface area (Å²) in [6.45, 7) is 4.88. The molecule has 3 rings (SSSR count). The molecular weight excluding hydrogens is 234 g/mol. The summed E-state index contributed by atoms with van der Waals surface area (Å²) < 4.78 is 0. The van der Waals surface area contributed by atoms with Gasteiger partial charge in [-0.2, -0.15) is 0 Å². The van der Waals surface area contributed by atoms with Gasteiger partial charge in [0.15, 0.2) is 0 Å². The van der Waals surface area contributed by atoms with Crippen LogP contribution in [0.2, 0.25) is 0 Å². The average molecular weight is 255 g/mol. The molecule has 18 heavy (non-hydrogen) atoms. The van der Waals surface area contributed by atoms with E-state index in [1.165, 1.54) is 0 Å². The number of fused-ring (bicyclic) bond motifs is 3. The third kappa shape index (κ3) is 2.93. The number of hydrogen-bond donors (Lipinski definition) is 3. The summed E-state index contributed by atoms with van der Waals surface area (Å²) in [5, 5.41) is 14.3. The second kappa shape index (κ2) is 5.56. The van der Waals surface area contributed by atoms with E-state index in [4.69, 9.17) is 5.11 Å². The number of piperidine rings is 3. The zero-order valence-electron chi connectivity index (χ0n) is 10.7. The molecule has 6 heteroatoms. The number of nitrogens with one attached hydrogen (secondary N) is 2. The number of rotatable bonds is 4. The van der Waals surface area contributed by atoms with E-state index in [1.54, 1.807) is 6.92 Å². The second-order valence-electron chi connectivity index (χ2n) is 5.16. The largest absolute Gasteiger partial charge is 0.480 e. The molecule has 102 valence electrons. The highest BCUT2D eigenvalue weighted by atomic mass is 16.4. The number of amides is 2. The van der Waals surface area contributed by atoms with Crippen molar-refractivity contribution in [3.8, 4) is 0 Å². The van der Waals surface area contributed by atoms with Gasteiger partial charge < -0.3 is 20.6 Å². The molecule has 2 bridgehead atoms. The van der Waals surface area contributed by atoms with E-state index in [0.717, 1.165) is 32.5 Å². The molecule has 0 radical (unpaired) electrons. The van der Waals surface area contributed by atoms with Crippen molar-refractivity contribution in [2.75, 3.05) is 19.6 Å². The Hall–Kier alpha value is -1.30. The molecule has 3 fully saturated rings. The number of nitrogens with zero attached hydrogens (tertiary/aromatic N) is 1. The predicted molar refractivity (Wildman–Crippen MR) is 66.3 cm³/mol.